The highest BCUT2D eigenvalue weighted by atomic mass is 16.6. The molecule has 25 heavy (non-hydrogen) atoms. The molecule has 4 aliphatic carbocycles. The summed E-state index contributed by atoms with van der Waals surface area (Å²) in [6.07, 6.45) is 12.1. The molecule has 0 amide bonds. The Bertz CT molecular complexity index is 726. The Morgan fingerprint density at radius 3 is 2.28 bits per heavy atom. The van der Waals surface area contributed by atoms with Crippen LogP contribution in [-0.2, 0) is 0 Å². The maximum absolute atomic E-state index is 12.2. The quantitative estimate of drug-likeness (QED) is 0.870. The number of rotatable bonds is 4. The van der Waals surface area contributed by atoms with Gasteiger partial charge >= 0.3 is 0 Å². The monoisotopic (exact) mass is 339 g/mol. The van der Waals surface area contributed by atoms with Gasteiger partial charge in [0.1, 0.15) is 18.9 Å². The van der Waals surface area contributed by atoms with Crippen molar-refractivity contribution in [1.82, 2.24) is 4.73 Å². The number of nitrogens with zero attached hydrogens (tertiary/aromatic N) is 2. The van der Waals surface area contributed by atoms with E-state index in [2.05, 4.69) is 28.8 Å². The molecule has 4 bridgehead atoms. The minimum absolute atomic E-state index is 0.0555. The van der Waals surface area contributed by atoms with Gasteiger partial charge in [0.25, 0.3) is 6.33 Å². The van der Waals surface area contributed by atoms with Crippen molar-refractivity contribution in [2.24, 2.45) is 23.7 Å². The maximum Gasteiger partial charge on any atom is 0.284 e. The third kappa shape index (κ3) is 2.27. The first-order chi connectivity index (χ1) is 12.2. The molecule has 1 heterocycles. The van der Waals surface area contributed by atoms with Crippen LogP contribution in [0.2, 0.25) is 0 Å². The standard InChI is InChI=1S/C21H27N2O2/c1-25-23-8-7-22(14-23)20(17-5-3-2-4-6-17)21(24)18-10-15-9-16(12-18)13-19(21)11-15/h2-8,14-16,18-20,24H,9-13H2,1H3/q+1. The third-order valence-corrected chi connectivity index (χ3v) is 7.14. The number of aromatic nitrogens is 2. The van der Waals surface area contributed by atoms with Crippen molar-refractivity contribution >= 4 is 0 Å². The Hall–Kier alpha value is -1.81. The molecule has 132 valence electrons. The molecule has 4 saturated carbocycles. The second kappa shape index (κ2) is 5.60. The van der Waals surface area contributed by atoms with Gasteiger partial charge in [-0.2, -0.15) is 0 Å². The molecule has 1 aromatic heterocycles. The fourth-order valence-corrected chi connectivity index (χ4v) is 6.31. The summed E-state index contributed by atoms with van der Waals surface area (Å²) in [6.45, 7) is 0. The van der Waals surface area contributed by atoms with E-state index in [9.17, 15) is 5.11 Å². The minimum atomic E-state index is -0.667. The van der Waals surface area contributed by atoms with Gasteiger partial charge in [0.2, 0.25) is 0 Å². The predicted octanol–water partition coefficient (Wildman–Crippen LogP) is 2.61. The van der Waals surface area contributed by atoms with E-state index in [4.69, 9.17) is 4.84 Å². The summed E-state index contributed by atoms with van der Waals surface area (Å²) in [4.78, 5) is 5.33. The zero-order chi connectivity index (χ0) is 17.0. The third-order valence-electron chi connectivity index (χ3n) is 7.14. The Morgan fingerprint density at radius 2 is 1.72 bits per heavy atom. The van der Waals surface area contributed by atoms with Gasteiger partial charge < -0.3 is 9.94 Å². The first kappa shape index (κ1) is 15.4. The number of benzene rings is 1. The number of hydrogen-bond acceptors (Lipinski definition) is 2. The van der Waals surface area contributed by atoms with Gasteiger partial charge in [0.05, 0.1) is 0 Å². The first-order valence-corrected chi connectivity index (χ1v) is 9.59. The highest BCUT2D eigenvalue weighted by Gasteiger charge is 2.61. The Balaban J connectivity index is 1.62. The lowest BCUT2D eigenvalue weighted by atomic mass is 9.48. The molecule has 1 atom stereocenters. The molecule has 1 aromatic carbocycles. The number of aliphatic hydroxyl groups is 1. The average molecular weight is 339 g/mol. The van der Waals surface area contributed by atoms with E-state index in [0.717, 1.165) is 11.8 Å². The first-order valence-electron chi connectivity index (χ1n) is 9.59. The van der Waals surface area contributed by atoms with Gasteiger partial charge in [0, 0.05) is 0 Å². The van der Waals surface area contributed by atoms with E-state index >= 15 is 0 Å². The molecular weight excluding hydrogens is 312 g/mol. The van der Waals surface area contributed by atoms with Crippen LogP contribution in [0.5, 0.6) is 0 Å². The SMILES string of the molecule is COn1cc[n+](C(c2ccccc2)C2(O)C3CC4CC(C3)CC2C4)c1. The van der Waals surface area contributed by atoms with Crippen molar-refractivity contribution < 1.29 is 14.5 Å². The van der Waals surface area contributed by atoms with Crippen LogP contribution in [0.4, 0.5) is 0 Å². The topological polar surface area (TPSA) is 38.3 Å². The lowest BCUT2D eigenvalue weighted by Crippen LogP contribution is -2.66. The van der Waals surface area contributed by atoms with Crippen LogP contribution in [0.3, 0.4) is 0 Å². The van der Waals surface area contributed by atoms with Crippen LogP contribution in [0.1, 0.15) is 43.7 Å². The Morgan fingerprint density at radius 1 is 1.08 bits per heavy atom. The number of hydrogen-bond donors (Lipinski definition) is 1. The lowest BCUT2D eigenvalue weighted by molar-refractivity contribution is -0.733. The van der Waals surface area contributed by atoms with Crippen molar-refractivity contribution in [3.63, 3.8) is 0 Å². The van der Waals surface area contributed by atoms with Crippen molar-refractivity contribution in [3.8, 4) is 0 Å². The molecule has 1 N–H and O–H groups in total. The molecule has 6 rings (SSSR count). The van der Waals surface area contributed by atoms with Gasteiger partial charge in [-0.1, -0.05) is 35.1 Å². The molecule has 4 aliphatic rings. The summed E-state index contributed by atoms with van der Waals surface area (Å²) in [6, 6.07) is 10.5. The fraction of sp³-hybridized carbons (Fsp3) is 0.571. The summed E-state index contributed by atoms with van der Waals surface area (Å²) in [7, 11) is 1.67. The fourth-order valence-electron chi connectivity index (χ4n) is 6.31. The predicted molar refractivity (Wildman–Crippen MR) is 93.7 cm³/mol. The number of imidazole rings is 1. The van der Waals surface area contributed by atoms with Gasteiger partial charge in [0.15, 0.2) is 12.2 Å². The van der Waals surface area contributed by atoms with E-state index in [0.29, 0.717) is 11.8 Å². The van der Waals surface area contributed by atoms with Crippen LogP contribution in [0, 0.1) is 23.7 Å². The smallest absolute Gasteiger partial charge is 0.284 e. The summed E-state index contributed by atoms with van der Waals surface area (Å²) >= 11 is 0. The molecule has 0 saturated heterocycles. The van der Waals surface area contributed by atoms with Crippen molar-refractivity contribution in [1.29, 1.82) is 0 Å². The van der Waals surface area contributed by atoms with Crippen molar-refractivity contribution in [2.45, 2.75) is 43.7 Å². The van der Waals surface area contributed by atoms with Gasteiger partial charge in [-0.3, -0.25) is 0 Å². The van der Waals surface area contributed by atoms with Crippen LogP contribution >= 0.6 is 0 Å². The largest absolute Gasteiger partial charge is 0.384 e. The zero-order valence-electron chi connectivity index (χ0n) is 14.8. The maximum atomic E-state index is 12.2. The Kier molecular flexibility index (Phi) is 3.46. The molecule has 4 nitrogen and oxygen atoms in total. The van der Waals surface area contributed by atoms with E-state index in [1.54, 1.807) is 11.8 Å². The second-order valence-electron chi connectivity index (χ2n) is 8.41. The van der Waals surface area contributed by atoms with Crippen molar-refractivity contribution in [2.75, 3.05) is 7.11 Å². The van der Waals surface area contributed by atoms with Crippen LogP contribution in [0.15, 0.2) is 49.1 Å². The van der Waals surface area contributed by atoms with Crippen molar-refractivity contribution in [3.05, 3.63) is 54.6 Å². The molecule has 4 heteroatoms. The summed E-state index contributed by atoms with van der Waals surface area (Å²) in [5, 5.41) is 12.2. The van der Waals surface area contributed by atoms with E-state index < -0.39 is 5.60 Å². The molecule has 0 aliphatic heterocycles. The summed E-state index contributed by atoms with van der Waals surface area (Å²) < 4.78 is 3.86. The molecule has 0 spiro atoms. The Labute approximate surface area is 149 Å². The minimum Gasteiger partial charge on any atom is -0.384 e. The van der Waals surface area contributed by atoms with Crippen LogP contribution in [0.25, 0.3) is 0 Å². The van der Waals surface area contributed by atoms with E-state index in [-0.39, 0.29) is 6.04 Å². The van der Waals surface area contributed by atoms with Crippen LogP contribution < -0.4 is 9.40 Å². The average Bonchev–Trinajstić information content (AvgIpc) is 3.09. The molecule has 0 radical (unpaired) electrons. The van der Waals surface area contributed by atoms with E-state index in [1.807, 2.05) is 24.8 Å². The highest BCUT2D eigenvalue weighted by Crippen LogP contribution is 2.61. The highest BCUT2D eigenvalue weighted by molar-refractivity contribution is 5.24. The van der Waals surface area contributed by atoms with Gasteiger partial charge in [-0.25, -0.2) is 4.57 Å². The lowest BCUT2D eigenvalue weighted by Gasteiger charge is -2.60. The van der Waals surface area contributed by atoms with Gasteiger partial charge in [-0.15, -0.1) is 0 Å². The van der Waals surface area contributed by atoms with Crippen LogP contribution in [-0.4, -0.2) is 22.5 Å². The normalized spacial score (nSPS) is 37.2. The molecule has 2 aromatic rings. The summed E-state index contributed by atoms with van der Waals surface area (Å²) in [5.41, 5.74) is 0.524. The summed E-state index contributed by atoms with van der Waals surface area (Å²) in [5.74, 6) is 2.50. The van der Waals surface area contributed by atoms with Gasteiger partial charge in [-0.05, 0) is 61.3 Å². The molecular formula is C21H27N2O2+. The molecule has 4 fully saturated rings. The van der Waals surface area contributed by atoms with E-state index in [1.165, 1.54) is 37.7 Å². The zero-order valence-corrected chi connectivity index (χ0v) is 14.8. The molecule has 1 unspecified atom stereocenters. The second-order valence-corrected chi connectivity index (χ2v) is 8.41.